The number of carbonyl (C=O) groups excluding carboxylic acids is 2. The van der Waals surface area contributed by atoms with Crippen LogP contribution in [0.15, 0.2) is 42.5 Å². The van der Waals surface area contributed by atoms with Gasteiger partial charge in [-0.05, 0) is 75.2 Å². The highest BCUT2D eigenvalue weighted by molar-refractivity contribution is 6.14. The molecule has 0 saturated carbocycles. The molecular formula is C21H27N3O2. The van der Waals surface area contributed by atoms with Gasteiger partial charge < -0.3 is 15.5 Å². The van der Waals surface area contributed by atoms with E-state index in [0.717, 1.165) is 16.8 Å². The average Bonchev–Trinajstić information content (AvgIpc) is 2.58. The maximum Gasteiger partial charge on any atom is 0.239 e. The quantitative estimate of drug-likeness (QED) is 0.800. The number of amides is 2. The second-order valence-electron chi connectivity index (χ2n) is 7.27. The van der Waals surface area contributed by atoms with Gasteiger partial charge in [-0.25, -0.2) is 0 Å². The van der Waals surface area contributed by atoms with Crippen molar-refractivity contribution in [2.45, 2.75) is 27.7 Å². The van der Waals surface area contributed by atoms with E-state index in [0.29, 0.717) is 11.4 Å². The van der Waals surface area contributed by atoms with Crippen molar-refractivity contribution in [1.29, 1.82) is 0 Å². The molecule has 0 radical (unpaired) electrons. The van der Waals surface area contributed by atoms with E-state index in [1.807, 2.05) is 75.3 Å². The van der Waals surface area contributed by atoms with Gasteiger partial charge in [-0.2, -0.15) is 0 Å². The molecule has 0 aliphatic heterocycles. The molecule has 2 N–H and O–H groups in total. The van der Waals surface area contributed by atoms with Crippen molar-refractivity contribution in [3.8, 4) is 0 Å². The lowest BCUT2D eigenvalue weighted by Gasteiger charge is -2.23. The zero-order valence-electron chi connectivity index (χ0n) is 16.3. The first-order chi connectivity index (χ1) is 12.1. The van der Waals surface area contributed by atoms with Gasteiger partial charge in [0.05, 0.1) is 0 Å². The molecule has 0 atom stereocenters. The van der Waals surface area contributed by atoms with E-state index in [1.165, 1.54) is 0 Å². The maximum absolute atomic E-state index is 12.6. The molecule has 2 aromatic rings. The zero-order valence-corrected chi connectivity index (χ0v) is 16.3. The van der Waals surface area contributed by atoms with Gasteiger partial charge >= 0.3 is 0 Å². The first kappa shape index (κ1) is 19.5. The molecule has 0 aliphatic carbocycles. The molecule has 0 aliphatic rings. The smallest absolute Gasteiger partial charge is 0.239 e. The molecule has 2 aromatic carbocycles. The standard InChI is InChI=1S/C21H27N3O2/c1-14-7-8-17(13-15(14)2)23-20(26)21(3,4)19(25)22-16-9-11-18(12-10-16)24(5)6/h7-13H,1-6H3,(H,22,25)(H,23,26). The van der Waals surface area contributed by atoms with Gasteiger partial charge in [0.15, 0.2) is 0 Å². The fourth-order valence-corrected chi connectivity index (χ4v) is 2.34. The van der Waals surface area contributed by atoms with Gasteiger partial charge in [-0.3, -0.25) is 9.59 Å². The zero-order chi connectivity index (χ0) is 19.5. The molecule has 0 fully saturated rings. The molecule has 2 amide bonds. The molecule has 0 aromatic heterocycles. The Morgan fingerprint density at radius 1 is 0.808 bits per heavy atom. The molecule has 5 nitrogen and oxygen atoms in total. The fourth-order valence-electron chi connectivity index (χ4n) is 2.34. The molecular weight excluding hydrogens is 326 g/mol. The third kappa shape index (κ3) is 4.42. The molecule has 0 unspecified atom stereocenters. The fraction of sp³-hybridized carbons (Fsp3) is 0.333. The Bertz CT molecular complexity index is 809. The van der Waals surface area contributed by atoms with Crippen LogP contribution in [-0.2, 0) is 9.59 Å². The third-order valence-corrected chi connectivity index (χ3v) is 4.54. The molecule has 138 valence electrons. The van der Waals surface area contributed by atoms with Gasteiger partial charge in [-0.15, -0.1) is 0 Å². The van der Waals surface area contributed by atoms with Crippen LogP contribution in [0, 0.1) is 19.3 Å². The normalized spacial score (nSPS) is 11.0. The summed E-state index contributed by atoms with van der Waals surface area (Å²) in [6, 6.07) is 13.2. The summed E-state index contributed by atoms with van der Waals surface area (Å²) in [5.41, 5.74) is 3.42. The predicted molar refractivity (Wildman–Crippen MR) is 108 cm³/mol. The number of rotatable bonds is 5. The third-order valence-electron chi connectivity index (χ3n) is 4.54. The number of carbonyl (C=O) groups is 2. The summed E-state index contributed by atoms with van der Waals surface area (Å²) in [4.78, 5) is 27.2. The van der Waals surface area contributed by atoms with E-state index in [-0.39, 0.29) is 11.8 Å². The Kier molecular flexibility index (Phi) is 5.70. The lowest BCUT2D eigenvalue weighted by atomic mass is 9.90. The molecule has 26 heavy (non-hydrogen) atoms. The Hall–Kier alpha value is -2.82. The van der Waals surface area contributed by atoms with Crippen molar-refractivity contribution >= 4 is 28.9 Å². The highest BCUT2D eigenvalue weighted by Crippen LogP contribution is 2.23. The van der Waals surface area contributed by atoms with Crippen LogP contribution in [0.3, 0.4) is 0 Å². The van der Waals surface area contributed by atoms with E-state index < -0.39 is 5.41 Å². The summed E-state index contributed by atoms with van der Waals surface area (Å²) in [5.74, 6) is -0.695. The van der Waals surface area contributed by atoms with E-state index in [9.17, 15) is 9.59 Å². The van der Waals surface area contributed by atoms with Crippen molar-refractivity contribution in [3.63, 3.8) is 0 Å². The number of benzene rings is 2. The van der Waals surface area contributed by atoms with Gasteiger partial charge in [0.1, 0.15) is 5.41 Å². The summed E-state index contributed by atoms with van der Waals surface area (Å²) in [6.45, 7) is 7.24. The number of nitrogens with one attached hydrogen (secondary N) is 2. The lowest BCUT2D eigenvalue weighted by Crippen LogP contribution is -2.41. The molecule has 0 heterocycles. The van der Waals surface area contributed by atoms with E-state index in [2.05, 4.69) is 10.6 Å². The molecule has 0 bridgehead atoms. The van der Waals surface area contributed by atoms with Crippen molar-refractivity contribution in [1.82, 2.24) is 0 Å². The van der Waals surface area contributed by atoms with Crippen molar-refractivity contribution in [2.75, 3.05) is 29.6 Å². The number of aryl methyl sites for hydroxylation is 2. The minimum atomic E-state index is -1.21. The van der Waals surface area contributed by atoms with Crippen molar-refractivity contribution in [2.24, 2.45) is 5.41 Å². The largest absolute Gasteiger partial charge is 0.378 e. The van der Waals surface area contributed by atoms with Gasteiger partial charge in [0, 0.05) is 31.2 Å². The minimum Gasteiger partial charge on any atom is -0.378 e. The van der Waals surface area contributed by atoms with Gasteiger partial charge in [0.2, 0.25) is 11.8 Å². The Balaban J connectivity index is 2.07. The Morgan fingerprint density at radius 2 is 1.31 bits per heavy atom. The van der Waals surface area contributed by atoms with E-state index >= 15 is 0 Å². The topological polar surface area (TPSA) is 61.4 Å². The summed E-state index contributed by atoms with van der Waals surface area (Å²) < 4.78 is 0. The van der Waals surface area contributed by atoms with Crippen LogP contribution in [0.5, 0.6) is 0 Å². The van der Waals surface area contributed by atoms with E-state index in [1.54, 1.807) is 13.8 Å². The van der Waals surface area contributed by atoms with Crippen LogP contribution >= 0.6 is 0 Å². The van der Waals surface area contributed by atoms with Crippen LogP contribution in [0.1, 0.15) is 25.0 Å². The second kappa shape index (κ2) is 7.60. The number of hydrogen-bond acceptors (Lipinski definition) is 3. The van der Waals surface area contributed by atoms with Gasteiger partial charge in [-0.1, -0.05) is 6.07 Å². The summed E-state index contributed by atoms with van der Waals surface area (Å²) in [6.07, 6.45) is 0. The summed E-state index contributed by atoms with van der Waals surface area (Å²) in [5, 5.41) is 5.65. The van der Waals surface area contributed by atoms with E-state index in [4.69, 9.17) is 0 Å². The summed E-state index contributed by atoms with van der Waals surface area (Å²) >= 11 is 0. The van der Waals surface area contributed by atoms with Crippen molar-refractivity contribution in [3.05, 3.63) is 53.6 Å². The van der Waals surface area contributed by atoms with Crippen LogP contribution in [0.2, 0.25) is 0 Å². The highest BCUT2D eigenvalue weighted by atomic mass is 16.2. The van der Waals surface area contributed by atoms with Crippen LogP contribution in [0.25, 0.3) is 0 Å². The first-order valence-electron chi connectivity index (χ1n) is 8.59. The van der Waals surface area contributed by atoms with Gasteiger partial charge in [0.25, 0.3) is 0 Å². The second-order valence-corrected chi connectivity index (χ2v) is 7.27. The average molecular weight is 353 g/mol. The molecule has 2 rings (SSSR count). The minimum absolute atomic E-state index is 0.344. The van der Waals surface area contributed by atoms with Crippen LogP contribution in [-0.4, -0.2) is 25.9 Å². The predicted octanol–water partition coefficient (Wildman–Crippen LogP) is 3.97. The first-order valence-corrected chi connectivity index (χ1v) is 8.59. The van der Waals surface area contributed by atoms with Crippen LogP contribution in [0.4, 0.5) is 17.1 Å². The highest BCUT2D eigenvalue weighted by Gasteiger charge is 2.36. The van der Waals surface area contributed by atoms with Crippen molar-refractivity contribution < 1.29 is 9.59 Å². The molecule has 0 saturated heterocycles. The van der Waals surface area contributed by atoms with Crippen LogP contribution < -0.4 is 15.5 Å². The molecule has 0 spiro atoms. The Morgan fingerprint density at radius 3 is 1.81 bits per heavy atom. The monoisotopic (exact) mass is 353 g/mol. The number of hydrogen-bond donors (Lipinski definition) is 2. The number of nitrogens with zero attached hydrogens (tertiary/aromatic N) is 1. The number of anilines is 3. The molecule has 5 heteroatoms. The maximum atomic E-state index is 12.6. The Labute approximate surface area is 155 Å². The summed E-state index contributed by atoms with van der Waals surface area (Å²) in [7, 11) is 3.90. The lowest BCUT2D eigenvalue weighted by molar-refractivity contribution is -0.135. The SMILES string of the molecule is Cc1ccc(NC(=O)C(C)(C)C(=O)Nc2ccc(N(C)C)cc2)cc1C.